The zero-order valence-electron chi connectivity index (χ0n) is 15.8. The number of benzene rings is 1. The summed E-state index contributed by atoms with van der Waals surface area (Å²) in [6, 6.07) is 4.73. The maximum Gasteiger partial charge on any atom is 0.225 e. The van der Waals surface area contributed by atoms with Crippen LogP contribution >= 0.6 is 0 Å². The summed E-state index contributed by atoms with van der Waals surface area (Å²) in [7, 11) is 0. The maximum atomic E-state index is 12.6. The normalized spacial score (nSPS) is 20.2. The molecule has 0 radical (unpaired) electrons. The van der Waals surface area contributed by atoms with E-state index in [9.17, 15) is 9.59 Å². The van der Waals surface area contributed by atoms with Crippen LogP contribution in [0.15, 0.2) is 12.1 Å². The highest BCUT2D eigenvalue weighted by Gasteiger charge is 2.41. The van der Waals surface area contributed by atoms with Gasteiger partial charge in [0.1, 0.15) is 0 Å². The maximum absolute atomic E-state index is 12.6. The average molecular weight is 353 g/mol. The Kier molecular flexibility index (Phi) is 4.25. The molecule has 2 fully saturated rings. The Bertz CT molecular complexity index is 879. The van der Waals surface area contributed by atoms with E-state index in [2.05, 4.69) is 43.2 Å². The molecule has 5 heteroatoms. The van der Waals surface area contributed by atoms with Gasteiger partial charge < -0.3 is 15.2 Å². The van der Waals surface area contributed by atoms with Crippen LogP contribution in [0, 0.1) is 19.8 Å². The fraction of sp³-hybridized carbons (Fsp3) is 0.524. The van der Waals surface area contributed by atoms with Gasteiger partial charge in [-0.1, -0.05) is 18.6 Å². The van der Waals surface area contributed by atoms with Crippen molar-refractivity contribution in [2.45, 2.75) is 59.0 Å². The van der Waals surface area contributed by atoms with Gasteiger partial charge in [0.15, 0.2) is 0 Å². The van der Waals surface area contributed by atoms with Crippen LogP contribution in [0.1, 0.15) is 48.6 Å². The van der Waals surface area contributed by atoms with Gasteiger partial charge >= 0.3 is 0 Å². The number of amides is 2. The summed E-state index contributed by atoms with van der Waals surface area (Å²) in [5.41, 5.74) is 5.97. The number of hydrogen-bond acceptors (Lipinski definition) is 2. The summed E-state index contributed by atoms with van der Waals surface area (Å²) in [6.45, 7) is 7.46. The molecule has 1 aromatic carbocycles. The lowest BCUT2D eigenvalue weighted by Crippen LogP contribution is -2.33. The monoisotopic (exact) mass is 353 g/mol. The number of aromatic amines is 1. The van der Waals surface area contributed by atoms with E-state index in [1.165, 1.54) is 22.2 Å². The van der Waals surface area contributed by atoms with E-state index in [1.807, 2.05) is 4.90 Å². The number of fused-ring (bicyclic) bond motifs is 1. The molecule has 138 valence electrons. The number of likely N-dealkylation sites (tertiary alicyclic amines) is 1. The van der Waals surface area contributed by atoms with Gasteiger partial charge in [-0.2, -0.15) is 0 Å². The van der Waals surface area contributed by atoms with Crippen LogP contribution in [0.2, 0.25) is 0 Å². The first-order valence-electron chi connectivity index (χ1n) is 9.65. The minimum atomic E-state index is -0.208. The third kappa shape index (κ3) is 3.00. The zero-order valence-corrected chi connectivity index (χ0v) is 15.8. The molecule has 2 N–H and O–H groups in total. The van der Waals surface area contributed by atoms with E-state index in [4.69, 9.17) is 0 Å². The lowest BCUT2D eigenvalue weighted by atomic mass is 10.0. The molecule has 1 aliphatic heterocycles. The van der Waals surface area contributed by atoms with Gasteiger partial charge in [0.05, 0.1) is 11.4 Å². The predicted octanol–water partition coefficient (Wildman–Crippen LogP) is 2.97. The van der Waals surface area contributed by atoms with Gasteiger partial charge in [0.25, 0.3) is 0 Å². The van der Waals surface area contributed by atoms with Crippen LogP contribution in [-0.4, -0.2) is 34.3 Å². The first kappa shape index (κ1) is 17.1. The van der Waals surface area contributed by atoms with Crippen LogP contribution in [0.5, 0.6) is 0 Å². The van der Waals surface area contributed by atoms with Gasteiger partial charge in [-0.25, -0.2) is 0 Å². The topological polar surface area (TPSA) is 65.2 Å². The number of H-pyrrole nitrogens is 1. The summed E-state index contributed by atoms with van der Waals surface area (Å²) in [5, 5.41) is 4.31. The van der Waals surface area contributed by atoms with Crippen LogP contribution in [-0.2, 0) is 22.6 Å². The highest BCUT2D eigenvalue weighted by Crippen LogP contribution is 2.32. The number of nitrogens with one attached hydrogen (secondary N) is 2. The molecule has 5 nitrogen and oxygen atoms in total. The highest BCUT2D eigenvalue weighted by molar-refractivity contribution is 5.91. The smallest absolute Gasteiger partial charge is 0.225 e. The number of aromatic nitrogens is 1. The Morgan fingerprint density at radius 3 is 2.77 bits per heavy atom. The second kappa shape index (κ2) is 6.45. The Balaban J connectivity index is 1.49. The van der Waals surface area contributed by atoms with E-state index in [0.717, 1.165) is 30.3 Å². The Morgan fingerprint density at radius 1 is 1.31 bits per heavy atom. The molecule has 0 spiro atoms. The minimum absolute atomic E-state index is 0.00449. The molecule has 1 saturated carbocycles. The predicted molar refractivity (Wildman–Crippen MR) is 102 cm³/mol. The molecule has 2 aromatic rings. The molecule has 26 heavy (non-hydrogen) atoms. The number of rotatable bonds is 5. The minimum Gasteiger partial charge on any atom is -0.358 e. The SMILES string of the molecule is CCc1[nH]c2c(CNC(=O)C3CC(=O)N(C4CC4)C3)cc(C)cc2c1C. The fourth-order valence-corrected chi connectivity index (χ4v) is 4.18. The van der Waals surface area contributed by atoms with E-state index in [-0.39, 0.29) is 17.7 Å². The van der Waals surface area contributed by atoms with E-state index in [1.54, 1.807) is 0 Å². The van der Waals surface area contributed by atoms with E-state index < -0.39 is 0 Å². The summed E-state index contributed by atoms with van der Waals surface area (Å²) in [4.78, 5) is 30.1. The Morgan fingerprint density at radius 2 is 2.08 bits per heavy atom. The van der Waals surface area contributed by atoms with Gasteiger partial charge in [0, 0.05) is 36.6 Å². The summed E-state index contributed by atoms with van der Waals surface area (Å²) >= 11 is 0. The van der Waals surface area contributed by atoms with Gasteiger partial charge in [-0.15, -0.1) is 0 Å². The summed E-state index contributed by atoms with van der Waals surface area (Å²) < 4.78 is 0. The number of aryl methyl sites for hydroxylation is 3. The third-order valence-electron chi connectivity index (χ3n) is 5.82. The molecule has 1 aromatic heterocycles. The van der Waals surface area contributed by atoms with Crippen LogP contribution in [0.3, 0.4) is 0 Å². The Labute approximate surface area is 154 Å². The van der Waals surface area contributed by atoms with Gasteiger partial charge in [-0.05, 0) is 50.3 Å². The first-order chi connectivity index (χ1) is 12.5. The Hall–Kier alpha value is -2.30. The second-order valence-electron chi connectivity index (χ2n) is 7.82. The van der Waals surface area contributed by atoms with Crippen molar-refractivity contribution in [3.05, 3.63) is 34.5 Å². The molecule has 1 unspecified atom stereocenters. The number of carbonyl (C=O) groups is 2. The molecule has 0 bridgehead atoms. The molecule has 2 aliphatic rings. The highest BCUT2D eigenvalue weighted by atomic mass is 16.2. The number of carbonyl (C=O) groups excluding carboxylic acids is 2. The molecule has 2 amide bonds. The van der Waals surface area contributed by atoms with Gasteiger partial charge in [-0.3, -0.25) is 9.59 Å². The van der Waals surface area contributed by atoms with Crippen molar-refractivity contribution in [2.24, 2.45) is 5.92 Å². The van der Waals surface area contributed by atoms with Crippen molar-refractivity contribution in [1.82, 2.24) is 15.2 Å². The van der Waals surface area contributed by atoms with Crippen molar-refractivity contribution in [1.29, 1.82) is 0 Å². The van der Waals surface area contributed by atoms with Crippen LogP contribution < -0.4 is 5.32 Å². The molecule has 1 aliphatic carbocycles. The molecular weight excluding hydrogens is 326 g/mol. The van der Waals surface area contributed by atoms with E-state index >= 15 is 0 Å². The van der Waals surface area contributed by atoms with Gasteiger partial charge in [0.2, 0.25) is 11.8 Å². The second-order valence-corrected chi connectivity index (χ2v) is 7.82. The quantitative estimate of drug-likeness (QED) is 0.868. The molecule has 1 atom stereocenters. The fourth-order valence-electron chi connectivity index (χ4n) is 4.18. The number of hydrogen-bond donors (Lipinski definition) is 2. The molecule has 1 saturated heterocycles. The molecular formula is C21H27N3O2. The first-order valence-corrected chi connectivity index (χ1v) is 9.65. The average Bonchev–Trinajstić information content (AvgIpc) is 3.31. The standard InChI is InChI=1S/C21H27N3O2/c1-4-18-13(3)17-8-12(2)7-14(20(17)23-18)10-22-21(26)15-9-19(25)24(11-15)16-5-6-16/h7-8,15-16,23H,4-6,9-11H2,1-3H3,(H,22,26). The van der Waals surface area contributed by atoms with Crippen molar-refractivity contribution < 1.29 is 9.59 Å². The van der Waals surface area contributed by atoms with Crippen LogP contribution in [0.25, 0.3) is 10.9 Å². The molecule has 2 heterocycles. The van der Waals surface area contributed by atoms with Crippen molar-refractivity contribution >= 4 is 22.7 Å². The number of nitrogens with zero attached hydrogens (tertiary/aromatic N) is 1. The summed E-state index contributed by atoms with van der Waals surface area (Å²) in [5.74, 6) is -0.0756. The van der Waals surface area contributed by atoms with Crippen molar-refractivity contribution in [3.8, 4) is 0 Å². The van der Waals surface area contributed by atoms with Crippen molar-refractivity contribution in [2.75, 3.05) is 6.54 Å². The summed E-state index contributed by atoms with van der Waals surface area (Å²) in [6.07, 6.45) is 3.50. The molecule has 4 rings (SSSR count). The van der Waals surface area contributed by atoms with E-state index in [0.29, 0.717) is 25.6 Å². The van der Waals surface area contributed by atoms with Crippen LogP contribution in [0.4, 0.5) is 0 Å². The lowest BCUT2D eigenvalue weighted by molar-refractivity contribution is -0.129. The largest absolute Gasteiger partial charge is 0.358 e. The lowest BCUT2D eigenvalue weighted by Gasteiger charge is -2.15. The third-order valence-corrected chi connectivity index (χ3v) is 5.82. The zero-order chi connectivity index (χ0) is 18.4. The van der Waals surface area contributed by atoms with Crippen molar-refractivity contribution in [3.63, 3.8) is 0 Å².